The summed E-state index contributed by atoms with van der Waals surface area (Å²) in [5, 5.41) is 11.0. The van der Waals surface area contributed by atoms with Crippen molar-refractivity contribution in [3.63, 3.8) is 0 Å². The largest absolute Gasteiger partial charge is 0.388 e. The Balaban J connectivity index is 1.70. The minimum Gasteiger partial charge on any atom is -0.388 e. The summed E-state index contributed by atoms with van der Waals surface area (Å²) >= 11 is 1.31. The number of aliphatic hydroxyl groups is 1. The lowest BCUT2D eigenvalue weighted by Gasteiger charge is -2.19. The number of aliphatic hydroxyl groups excluding tert-OH is 1. The number of nitrogens with zero attached hydrogens (tertiary/aromatic N) is 4. The number of thiazole rings is 1. The summed E-state index contributed by atoms with van der Waals surface area (Å²) in [5.41, 5.74) is 1.61. The molecule has 2 heterocycles. The van der Waals surface area contributed by atoms with E-state index in [1.165, 1.54) is 11.3 Å². The Morgan fingerprint density at radius 2 is 1.89 bits per heavy atom. The van der Waals surface area contributed by atoms with Gasteiger partial charge in [0.2, 0.25) is 0 Å². The third-order valence-corrected chi connectivity index (χ3v) is 5.33. The monoisotopic (exact) mass is 382 g/mol. The summed E-state index contributed by atoms with van der Waals surface area (Å²) in [5.74, 6) is 0.435. The first-order valence-corrected chi connectivity index (χ1v) is 9.67. The fourth-order valence-corrected chi connectivity index (χ4v) is 3.79. The van der Waals surface area contributed by atoms with Crippen LogP contribution in [0.25, 0.3) is 10.8 Å². The van der Waals surface area contributed by atoms with Crippen LogP contribution in [-0.2, 0) is 6.42 Å². The standard InChI is InChI=1S/C20H22N4O2S/c1-3-15-17(27-19(23-15)18-21-11-7-12-22-18)20(26)24(2)13-10-16(25)14-8-5-4-6-9-14/h4-9,11-12,16,25H,3,10,13H2,1-2H3. The second kappa shape index (κ2) is 8.83. The number of hydrogen-bond acceptors (Lipinski definition) is 6. The molecule has 140 valence electrons. The van der Waals surface area contributed by atoms with Crippen molar-refractivity contribution < 1.29 is 9.90 Å². The highest BCUT2D eigenvalue weighted by Crippen LogP contribution is 2.27. The van der Waals surface area contributed by atoms with Crippen molar-refractivity contribution in [1.82, 2.24) is 19.9 Å². The minimum atomic E-state index is -0.596. The van der Waals surface area contributed by atoms with Gasteiger partial charge in [0.05, 0.1) is 11.8 Å². The van der Waals surface area contributed by atoms with Crippen molar-refractivity contribution in [1.29, 1.82) is 0 Å². The summed E-state index contributed by atoms with van der Waals surface area (Å²) in [6.07, 6.45) is 3.86. The number of aryl methyl sites for hydroxylation is 1. The molecule has 0 saturated carbocycles. The molecular weight excluding hydrogens is 360 g/mol. The number of rotatable bonds is 7. The topological polar surface area (TPSA) is 79.2 Å². The van der Waals surface area contributed by atoms with E-state index in [1.54, 1.807) is 30.4 Å². The molecule has 0 aliphatic heterocycles. The van der Waals surface area contributed by atoms with Crippen molar-refractivity contribution in [2.75, 3.05) is 13.6 Å². The normalized spacial score (nSPS) is 12.0. The molecule has 0 bridgehead atoms. The molecule has 1 aromatic carbocycles. The van der Waals surface area contributed by atoms with Crippen LogP contribution in [0.3, 0.4) is 0 Å². The summed E-state index contributed by atoms with van der Waals surface area (Å²) in [6.45, 7) is 2.42. The number of carbonyl (C=O) groups excluding carboxylic acids is 1. The highest BCUT2D eigenvalue weighted by Gasteiger charge is 2.22. The number of carbonyl (C=O) groups is 1. The zero-order valence-electron chi connectivity index (χ0n) is 15.4. The predicted molar refractivity (Wildman–Crippen MR) is 105 cm³/mol. The lowest BCUT2D eigenvalue weighted by Crippen LogP contribution is -2.28. The molecule has 1 atom stereocenters. The molecule has 0 fully saturated rings. The van der Waals surface area contributed by atoms with Gasteiger partial charge in [-0.2, -0.15) is 0 Å². The van der Waals surface area contributed by atoms with Crippen LogP contribution in [0, 0.1) is 0 Å². The van der Waals surface area contributed by atoms with Gasteiger partial charge in [-0.3, -0.25) is 4.79 Å². The van der Waals surface area contributed by atoms with Crippen LogP contribution < -0.4 is 0 Å². The van der Waals surface area contributed by atoms with E-state index < -0.39 is 6.10 Å². The van der Waals surface area contributed by atoms with Crippen LogP contribution in [0.4, 0.5) is 0 Å². The van der Waals surface area contributed by atoms with E-state index >= 15 is 0 Å². The third kappa shape index (κ3) is 4.56. The molecule has 1 unspecified atom stereocenters. The number of benzene rings is 1. The highest BCUT2D eigenvalue weighted by molar-refractivity contribution is 7.17. The lowest BCUT2D eigenvalue weighted by atomic mass is 10.1. The van der Waals surface area contributed by atoms with E-state index in [4.69, 9.17) is 0 Å². The maximum absolute atomic E-state index is 12.9. The molecule has 0 aliphatic carbocycles. The van der Waals surface area contributed by atoms with Gasteiger partial charge < -0.3 is 10.0 Å². The first-order chi connectivity index (χ1) is 13.1. The molecule has 0 aliphatic rings. The van der Waals surface area contributed by atoms with Gasteiger partial charge in [0.15, 0.2) is 10.8 Å². The molecule has 2 aromatic heterocycles. The average Bonchev–Trinajstić information content (AvgIpc) is 3.17. The smallest absolute Gasteiger partial charge is 0.265 e. The lowest BCUT2D eigenvalue weighted by molar-refractivity contribution is 0.0764. The molecule has 3 rings (SSSR count). The summed E-state index contributed by atoms with van der Waals surface area (Å²) in [7, 11) is 1.75. The molecular formula is C20H22N4O2S. The molecule has 3 aromatic rings. The van der Waals surface area contributed by atoms with Gasteiger partial charge in [0, 0.05) is 26.0 Å². The summed E-state index contributed by atoms with van der Waals surface area (Å²) in [4.78, 5) is 28.1. The Morgan fingerprint density at radius 3 is 2.56 bits per heavy atom. The Labute approximate surface area is 162 Å². The number of amides is 1. The van der Waals surface area contributed by atoms with Gasteiger partial charge in [-0.05, 0) is 24.5 Å². The SMILES string of the molecule is CCc1nc(-c2ncccn2)sc1C(=O)N(C)CCC(O)c1ccccc1. The first-order valence-electron chi connectivity index (χ1n) is 8.85. The van der Waals surface area contributed by atoms with Crippen molar-refractivity contribution in [2.24, 2.45) is 0 Å². The number of hydrogen-bond donors (Lipinski definition) is 1. The Morgan fingerprint density at radius 1 is 1.19 bits per heavy atom. The summed E-state index contributed by atoms with van der Waals surface area (Å²) in [6, 6.07) is 11.2. The van der Waals surface area contributed by atoms with E-state index in [1.807, 2.05) is 37.3 Å². The van der Waals surface area contributed by atoms with Gasteiger partial charge in [0.25, 0.3) is 5.91 Å². The molecule has 0 saturated heterocycles. The van der Waals surface area contributed by atoms with Gasteiger partial charge in [-0.1, -0.05) is 37.3 Å². The Bertz CT molecular complexity index is 884. The number of aromatic nitrogens is 3. The molecule has 0 spiro atoms. The Kier molecular flexibility index (Phi) is 6.26. The van der Waals surface area contributed by atoms with Crippen LogP contribution in [0.2, 0.25) is 0 Å². The van der Waals surface area contributed by atoms with Crippen molar-refractivity contribution in [3.05, 3.63) is 64.9 Å². The molecule has 27 heavy (non-hydrogen) atoms. The van der Waals surface area contributed by atoms with Gasteiger partial charge in [0.1, 0.15) is 4.88 Å². The predicted octanol–water partition coefficient (Wildman–Crippen LogP) is 3.36. The quantitative estimate of drug-likeness (QED) is 0.678. The van der Waals surface area contributed by atoms with E-state index in [-0.39, 0.29) is 5.91 Å². The second-order valence-electron chi connectivity index (χ2n) is 6.16. The molecule has 1 N–H and O–H groups in total. The molecule has 0 radical (unpaired) electrons. The maximum atomic E-state index is 12.9. The van der Waals surface area contributed by atoms with Gasteiger partial charge >= 0.3 is 0 Å². The van der Waals surface area contributed by atoms with Crippen molar-refractivity contribution in [3.8, 4) is 10.8 Å². The van der Waals surface area contributed by atoms with Crippen LogP contribution in [0.1, 0.15) is 40.4 Å². The summed E-state index contributed by atoms with van der Waals surface area (Å²) < 4.78 is 0. The fourth-order valence-electron chi connectivity index (χ4n) is 2.70. The van der Waals surface area contributed by atoms with Crippen LogP contribution >= 0.6 is 11.3 Å². The zero-order chi connectivity index (χ0) is 19.2. The van der Waals surface area contributed by atoms with E-state index in [9.17, 15) is 9.90 Å². The third-order valence-electron chi connectivity index (χ3n) is 4.25. The van der Waals surface area contributed by atoms with E-state index in [0.29, 0.717) is 35.1 Å². The van der Waals surface area contributed by atoms with Crippen molar-refractivity contribution >= 4 is 17.2 Å². The highest BCUT2D eigenvalue weighted by atomic mass is 32.1. The van der Waals surface area contributed by atoms with Crippen LogP contribution in [-0.4, -0.2) is 44.5 Å². The molecule has 6 nitrogen and oxygen atoms in total. The molecule has 1 amide bonds. The van der Waals surface area contributed by atoms with Crippen molar-refractivity contribution in [2.45, 2.75) is 25.9 Å². The Hall–Kier alpha value is -2.64. The minimum absolute atomic E-state index is 0.0909. The van der Waals surface area contributed by atoms with Crippen LogP contribution in [0.5, 0.6) is 0 Å². The van der Waals surface area contributed by atoms with E-state index in [2.05, 4.69) is 15.0 Å². The van der Waals surface area contributed by atoms with Crippen LogP contribution in [0.15, 0.2) is 48.8 Å². The first kappa shape index (κ1) is 19.1. The fraction of sp³-hybridized carbons (Fsp3) is 0.300. The molecule has 7 heteroatoms. The van der Waals surface area contributed by atoms with Gasteiger partial charge in [-0.15, -0.1) is 11.3 Å². The van der Waals surface area contributed by atoms with Gasteiger partial charge in [-0.25, -0.2) is 15.0 Å². The zero-order valence-corrected chi connectivity index (χ0v) is 16.2. The maximum Gasteiger partial charge on any atom is 0.265 e. The second-order valence-corrected chi connectivity index (χ2v) is 7.16. The average molecular weight is 382 g/mol. The van der Waals surface area contributed by atoms with E-state index in [0.717, 1.165) is 11.3 Å².